The van der Waals surface area contributed by atoms with Crippen LogP contribution in [0, 0.1) is 0 Å². The molecule has 0 bridgehead atoms. The van der Waals surface area contributed by atoms with Gasteiger partial charge in [-0.15, -0.1) is 0 Å². The Hall–Kier alpha value is -5.92. The highest BCUT2D eigenvalue weighted by atomic mass is 15.1. The zero-order chi connectivity index (χ0) is 33.5. The summed E-state index contributed by atoms with van der Waals surface area (Å²) < 4.78 is 37.4. The molecule has 0 unspecified atom stereocenters. The molecule has 0 saturated carbocycles. The van der Waals surface area contributed by atoms with Gasteiger partial charge in [0.25, 0.3) is 0 Å². The number of hydrogen-bond acceptors (Lipinski definition) is 1. The molecule has 0 fully saturated rings. The van der Waals surface area contributed by atoms with Gasteiger partial charge in [-0.3, -0.25) is 0 Å². The Balaban J connectivity index is 1.42. The van der Waals surface area contributed by atoms with Gasteiger partial charge in [-0.2, -0.15) is 0 Å². The third kappa shape index (κ3) is 5.05. The monoisotopic (exact) mass is 577 g/mol. The molecule has 45 heavy (non-hydrogen) atoms. The molecule has 1 heteroatoms. The zero-order valence-electron chi connectivity index (χ0n) is 28.5. The van der Waals surface area contributed by atoms with Crippen LogP contribution in [0.15, 0.2) is 188 Å². The molecule has 0 saturated heterocycles. The lowest BCUT2D eigenvalue weighted by Gasteiger charge is -2.29. The number of para-hydroxylation sites is 1. The average Bonchev–Trinajstić information content (AvgIpc) is 3.16. The minimum Gasteiger partial charge on any atom is -0.309 e. The van der Waals surface area contributed by atoms with E-state index in [9.17, 15) is 2.74 Å². The van der Waals surface area contributed by atoms with Gasteiger partial charge >= 0.3 is 0 Å². The molecular weight excluding hydrogens is 542 g/mol. The van der Waals surface area contributed by atoms with Gasteiger partial charge in [0.15, 0.2) is 0 Å². The molecule has 1 nitrogen and oxygen atoms in total. The topological polar surface area (TPSA) is 3.24 Å². The molecule has 0 radical (unpaired) electrons. The first kappa shape index (κ1) is 22.6. The van der Waals surface area contributed by atoms with E-state index >= 15 is 0 Å². The predicted molar refractivity (Wildman–Crippen MR) is 192 cm³/mol. The van der Waals surface area contributed by atoms with Crippen molar-refractivity contribution in [2.24, 2.45) is 0 Å². The van der Waals surface area contributed by atoms with Crippen molar-refractivity contribution in [1.82, 2.24) is 0 Å². The number of rotatable bonds is 6. The van der Waals surface area contributed by atoms with Crippen LogP contribution >= 0.6 is 0 Å². The third-order valence-electron chi connectivity index (χ3n) is 8.35. The van der Waals surface area contributed by atoms with Crippen LogP contribution in [0.2, 0.25) is 0 Å². The van der Waals surface area contributed by atoms with E-state index in [1.807, 2.05) is 114 Å². The largest absolute Gasteiger partial charge is 0.309 e. The molecule has 8 aromatic carbocycles. The second-order valence-corrected chi connectivity index (χ2v) is 11.0. The average molecular weight is 578 g/mol. The molecular formula is C44H31N. The van der Waals surface area contributed by atoms with Crippen molar-refractivity contribution >= 4 is 38.6 Å². The number of anilines is 3. The van der Waals surface area contributed by atoms with Gasteiger partial charge in [-0.05, 0) is 68.2 Å². The van der Waals surface area contributed by atoms with Crippen LogP contribution in [0.1, 0.15) is 5.48 Å². The molecule has 0 aromatic heterocycles. The highest BCUT2D eigenvalue weighted by molar-refractivity contribution is 6.02. The maximum atomic E-state index is 9.81. The minimum atomic E-state index is -0.219. The Kier molecular flexibility index (Phi) is 5.84. The number of benzene rings is 8. The van der Waals surface area contributed by atoms with Crippen molar-refractivity contribution < 1.29 is 5.48 Å². The van der Waals surface area contributed by atoms with Crippen LogP contribution in [0.4, 0.5) is 17.1 Å². The molecule has 0 amide bonds. The van der Waals surface area contributed by atoms with Crippen LogP contribution in [-0.2, 0) is 0 Å². The van der Waals surface area contributed by atoms with Crippen molar-refractivity contribution in [3.63, 3.8) is 0 Å². The van der Waals surface area contributed by atoms with Crippen molar-refractivity contribution in [1.29, 1.82) is 0 Å². The van der Waals surface area contributed by atoms with Gasteiger partial charge in [0.1, 0.15) is 0 Å². The Morgan fingerprint density at radius 1 is 0.378 bits per heavy atom. The normalized spacial score (nSPS) is 12.4. The molecule has 8 rings (SSSR count). The lowest BCUT2D eigenvalue weighted by molar-refractivity contribution is 1.30. The first-order valence-electron chi connectivity index (χ1n) is 17.1. The SMILES string of the molecule is [2H]c1c([2H])c(-c2cccc3ccccc23)c([2H])c(N(c2ccccc2-c2ccc(-c3ccccc3)cc2)c2cccc3ccccc23)c1[2H]. The molecule has 0 aliphatic carbocycles. The summed E-state index contributed by atoms with van der Waals surface area (Å²) >= 11 is 0. The number of nitrogens with zero attached hydrogens (tertiary/aromatic N) is 1. The van der Waals surface area contributed by atoms with Crippen LogP contribution in [0.3, 0.4) is 0 Å². The summed E-state index contributed by atoms with van der Waals surface area (Å²) in [7, 11) is 0. The third-order valence-corrected chi connectivity index (χ3v) is 8.35. The lowest BCUT2D eigenvalue weighted by atomic mass is 9.96. The van der Waals surface area contributed by atoms with Gasteiger partial charge in [0, 0.05) is 16.6 Å². The van der Waals surface area contributed by atoms with Crippen LogP contribution < -0.4 is 4.90 Å². The van der Waals surface area contributed by atoms with Crippen molar-refractivity contribution in [2.45, 2.75) is 0 Å². The number of fused-ring (bicyclic) bond motifs is 2. The minimum absolute atomic E-state index is 0.0320. The molecule has 0 spiro atoms. The Morgan fingerprint density at radius 3 is 1.76 bits per heavy atom. The summed E-state index contributed by atoms with van der Waals surface area (Å²) in [5, 5.41) is 3.85. The van der Waals surface area contributed by atoms with Crippen LogP contribution in [0.25, 0.3) is 54.9 Å². The van der Waals surface area contributed by atoms with Crippen LogP contribution in [-0.4, -0.2) is 0 Å². The van der Waals surface area contributed by atoms with E-state index in [1.54, 1.807) is 0 Å². The summed E-state index contributed by atoms with van der Waals surface area (Å²) in [6.45, 7) is 0. The molecule has 212 valence electrons. The van der Waals surface area contributed by atoms with Gasteiger partial charge in [0.05, 0.1) is 16.9 Å². The fraction of sp³-hybridized carbons (Fsp3) is 0. The molecule has 0 aliphatic heterocycles. The molecule has 0 aliphatic rings. The summed E-state index contributed by atoms with van der Waals surface area (Å²) in [5.41, 5.74) is 7.00. The fourth-order valence-electron chi connectivity index (χ4n) is 6.18. The summed E-state index contributed by atoms with van der Waals surface area (Å²) in [6, 6.07) is 54.2. The number of hydrogen-bond donors (Lipinski definition) is 0. The molecule has 8 aromatic rings. The van der Waals surface area contributed by atoms with E-state index in [0.29, 0.717) is 11.1 Å². The maximum Gasteiger partial charge on any atom is 0.0651 e. The highest BCUT2D eigenvalue weighted by Crippen LogP contribution is 2.44. The van der Waals surface area contributed by atoms with Gasteiger partial charge in [-0.1, -0.05) is 164 Å². The van der Waals surface area contributed by atoms with Gasteiger partial charge in [0.2, 0.25) is 0 Å². The van der Waals surface area contributed by atoms with Gasteiger partial charge in [-0.25, -0.2) is 0 Å². The Labute approximate surface area is 269 Å². The predicted octanol–water partition coefficient (Wildman–Crippen LogP) is 12.5. The fourth-order valence-corrected chi connectivity index (χ4v) is 6.18. The highest BCUT2D eigenvalue weighted by Gasteiger charge is 2.20. The van der Waals surface area contributed by atoms with Crippen molar-refractivity contribution in [3.8, 4) is 33.4 Å². The van der Waals surface area contributed by atoms with Gasteiger partial charge < -0.3 is 4.90 Å². The second-order valence-electron chi connectivity index (χ2n) is 11.0. The first-order chi connectivity index (χ1) is 24.0. The molecule has 0 atom stereocenters. The van der Waals surface area contributed by atoms with E-state index < -0.39 is 0 Å². The summed E-state index contributed by atoms with van der Waals surface area (Å²) in [6.07, 6.45) is 0. The first-order valence-corrected chi connectivity index (χ1v) is 15.1. The van der Waals surface area contributed by atoms with Crippen molar-refractivity contribution in [3.05, 3.63) is 188 Å². The quantitative estimate of drug-likeness (QED) is 0.190. The van der Waals surface area contributed by atoms with E-state index in [2.05, 4.69) is 54.6 Å². The summed E-state index contributed by atoms with van der Waals surface area (Å²) in [4.78, 5) is 1.96. The Bertz CT molecular complexity index is 2480. The smallest absolute Gasteiger partial charge is 0.0651 e. The van der Waals surface area contributed by atoms with E-state index in [0.717, 1.165) is 55.2 Å². The van der Waals surface area contributed by atoms with E-state index in [-0.39, 0.29) is 29.9 Å². The Morgan fingerprint density at radius 2 is 0.933 bits per heavy atom. The van der Waals surface area contributed by atoms with Crippen molar-refractivity contribution in [2.75, 3.05) is 4.90 Å². The van der Waals surface area contributed by atoms with E-state index in [4.69, 9.17) is 2.74 Å². The standard InChI is InChI=1S/C44H31N/c1-2-13-32(14-3-1)33-27-29-36(30-28-33)42-23-8-9-25-43(42)45(44-26-12-18-35-16-5-7-22-41(35)44)38-20-10-19-37(31-38)40-24-11-17-34-15-4-6-21-39(34)40/h1-31H/i10D,19D,20D,31D. The second kappa shape index (κ2) is 11.6. The maximum absolute atomic E-state index is 9.81. The zero-order valence-corrected chi connectivity index (χ0v) is 24.5. The van der Waals surface area contributed by atoms with E-state index in [1.165, 1.54) is 0 Å². The molecule has 0 heterocycles. The molecule has 0 N–H and O–H groups in total. The van der Waals surface area contributed by atoms with Crippen LogP contribution in [0.5, 0.6) is 0 Å². The summed E-state index contributed by atoms with van der Waals surface area (Å²) in [5.74, 6) is 0. The lowest BCUT2D eigenvalue weighted by Crippen LogP contribution is -2.12.